The molecule has 0 bridgehead atoms. The van der Waals surface area contributed by atoms with E-state index in [9.17, 15) is 4.79 Å². The van der Waals surface area contributed by atoms with Crippen LogP contribution in [0.2, 0.25) is 0 Å². The molecule has 3 aromatic rings. The van der Waals surface area contributed by atoms with E-state index in [0.29, 0.717) is 12.2 Å². The van der Waals surface area contributed by atoms with Gasteiger partial charge < -0.3 is 0 Å². The highest BCUT2D eigenvalue weighted by atomic mass is 16.2. The van der Waals surface area contributed by atoms with Crippen LogP contribution < -0.4 is 4.90 Å². The molecular formula is C19H16N2O. The fraction of sp³-hybridized carbons (Fsp3) is 0.0526. The van der Waals surface area contributed by atoms with Crippen molar-refractivity contribution in [3.8, 4) is 0 Å². The van der Waals surface area contributed by atoms with Gasteiger partial charge in [0, 0.05) is 6.20 Å². The maximum Gasteiger partial charge on any atom is 0.237 e. The molecule has 22 heavy (non-hydrogen) atoms. The third-order valence-corrected chi connectivity index (χ3v) is 3.34. The zero-order chi connectivity index (χ0) is 15.2. The minimum atomic E-state index is -0.00361. The number of carbonyl (C=O) groups excluding carboxylic acids is 1. The number of pyridine rings is 1. The maximum absolute atomic E-state index is 12.8. The summed E-state index contributed by atoms with van der Waals surface area (Å²) < 4.78 is 0. The van der Waals surface area contributed by atoms with Crippen molar-refractivity contribution in [2.45, 2.75) is 6.42 Å². The summed E-state index contributed by atoms with van der Waals surface area (Å²) in [5.74, 6) is 0.630. The lowest BCUT2D eigenvalue weighted by atomic mass is 10.1. The van der Waals surface area contributed by atoms with Gasteiger partial charge in [0.1, 0.15) is 5.82 Å². The molecule has 0 saturated carbocycles. The molecule has 0 unspecified atom stereocenters. The zero-order valence-corrected chi connectivity index (χ0v) is 12.1. The standard InChI is InChI=1S/C19H16N2O/c22-19(15-16-9-3-1-4-10-16)21(17-11-5-2-6-12-17)18-13-7-8-14-20-18/h1-14H,15H2. The normalized spacial score (nSPS) is 10.2. The van der Waals surface area contributed by atoms with Gasteiger partial charge in [0.15, 0.2) is 0 Å². The second kappa shape index (κ2) is 6.68. The highest BCUT2D eigenvalue weighted by molar-refractivity contribution is 6.00. The van der Waals surface area contributed by atoms with Crippen molar-refractivity contribution in [3.63, 3.8) is 0 Å². The van der Waals surface area contributed by atoms with Crippen molar-refractivity contribution in [1.82, 2.24) is 4.98 Å². The van der Waals surface area contributed by atoms with Crippen LogP contribution in [0.4, 0.5) is 11.5 Å². The van der Waals surface area contributed by atoms with Crippen LogP contribution in [0.15, 0.2) is 85.1 Å². The smallest absolute Gasteiger partial charge is 0.237 e. The number of para-hydroxylation sites is 1. The van der Waals surface area contributed by atoms with Crippen molar-refractivity contribution >= 4 is 17.4 Å². The number of anilines is 2. The Bertz CT molecular complexity index is 688. The van der Waals surface area contributed by atoms with Gasteiger partial charge in [-0.2, -0.15) is 0 Å². The van der Waals surface area contributed by atoms with E-state index in [1.165, 1.54) is 0 Å². The minimum absolute atomic E-state index is 0.00361. The summed E-state index contributed by atoms with van der Waals surface area (Å²) in [4.78, 5) is 18.8. The van der Waals surface area contributed by atoms with Crippen molar-refractivity contribution in [3.05, 3.63) is 90.6 Å². The molecule has 0 aliphatic rings. The molecule has 108 valence electrons. The molecule has 0 aliphatic heterocycles. The van der Waals surface area contributed by atoms with E-state index in [-0.39, 0.29) is 5.91 Å². The van der Waals surface area contributed by atoms with E-state index in [2.05, 4.69) is 4.98 Å². The van der Waals surface area contributed by atoms with Crippen molar-refractivity contribution in [2.75, 3.05) is 4.90 Å². The van der Waals surface area contributed by atoms with Gasteiger partial charge in [-0.05, 0) is 29.8 Å². The average Bonchev–Trinajstić information content (AvgIpc) is 2.58. The molecule has 0 radical (unpaired) electrons. The number of nitrogens with zero attached hydrogens (tertiary/aromatic N) is 2. The highest BCUT2D eigenvalue weighted by Crippen LogP contribution is 2.24. The van der Waals surface area contributed by atoms with E-state index in [0.717, 1.165) is 11.3 Å². The molecule has 3 rings (SSSR count). The number of rotatable bonds is 4. The molecule has 2 aromatic carbocycles. The second-order valence-electron chi connectivity index (χ2n) is 4.92. The Labute approximate surface area is 129 Å². The van der Waals surface area contributed by atoms with Gasteiger partial charge in [-0.1, -0.05) is 54.6 Å². The number of hydrogen-bond donors (Lipinski definition) is 0. The number of benzene rings is 2. The molecule has 0 saturated heterocycles. The van der Waals surface area contributed by atoms with E-state index in [4.69, 9.17) is 0 Å². The van der Waals surface area contributed by atoms with Gasteiger partial charge in [0.2, 0.25) is 5.91 Å². The Morgan fingerprint density at radius 1 is 0.818 bits per heavy atom. The van der Waals surface area contributed by atoms with Gasteiger partial charge in [0.05, 0.1) is 12.1 Å². The van der Waals surface area contributed by atoms with Crippen LogP contribution in [0.1, 0.15) is 5.56 Å². The molecule has 0 spiro atoms. The summed E-state index contributed by atoms with van der Waals surface area (Å²) in [6.07, 6.45) is 2.04. The second-order valence-corrected chi connectivity index (χ2v) is 4.92. The number of hydrogen-bond acceptors (Lipinski definition) is 2. The van der Waals surface area contributed by atoms with E-state index in [1.54, 1.807) is 11.1 Å². The van der Waals surface area contributed by atoms with Crippen LogP contribution in [-0.4, -0.2) is 10.9 Å². The highest BCUT2D eigenvalue weighted by Gasteiger charge is 2.18. The van der Waals surface area contributed by atoms with Crippen LogP contribution in [-0.2, 0) is 11.2 Å². The summed E-state index contributed by atoms with van der Waals surface area (Å²) in [5.41, 5.74) is 1.81. The summed E-state index contributed by atoms with van der Waals surface area (Å²) in [6, 6.07) is 24.9. The predicted octanol–water partition coefficient (Wildman–Crippen LogP) is 3.99. The first-order chi connectivity index (χ1) is 10.8. The van der Waals surface area contributed by atoms with Crippen LogP contribution in [0, 0.1) is 0 Å². The van der Waals surface area contributed by atoms with Crippen molar-refractivity contribution in [2.24, 2.45) is 0 Å². The third-order valence-electron chi connectivity index (χ3n) is 3.34. The lowest BCUT2D eigenvalue weighted by Crippen LogP contribution is -2.28. The largest absolute Gasteiger partial charge is 0.274 e. The zero-order valence-electron chi connectivity index (χ0n) is 12.1. The Hall–Kier alpha value is -2.94. The van der Waals surface area contributed by atoms with Gasteiger partial charge >= 0.3 is 0 Å². The summed E-state index contributed by atoms with van der Waals surface area (Å²) in [5, 5.41) is 0. The lowest BCUT2D eigenvalue weighted by Gasteiger charge is -2.22. The van der Waals surface area contributed by atoms with Crippen LogP contribution in [0.3, 0.4) is 0 Å². The Kier molecular flexibility index (Phi) is 4.25. The molecule has 1 aromatic heterocycles. The van der Waals surface area contributed by atoms with Crippen LogP contribution in [0.25, 0.3) is 0 Å². The van der Waals surface area contributed by atoms with E-state index in [1.807, 2.05) is 78.9 Å². The SMILES string of the molecule is O=C(Cc1ccccc1)N(c1ccccc1)c1ccccn1. The molecule has 1 heterocycles. The van der Waals surface area contributed by atoms with Crippen molar-refractivity contribution in [1.29, 1.82) is 0 Å². The topological polar surface area (TPSA) is 33.2 Å². The summed E-state index contributed by atoms with van der Waals surface area (Å²) in [7, 11) is 0. The molecule has 3 heteroatoms. The van der Waals surface area contributed by atoms with Crippen LogP contribution in [0.5, 0.6) is 0 Å². The summed E-state index contributed by atoms with van der Waals surface area (Å²) in [6.45, 7) is 0. The Balaban J connectivity index is 1.94. The maximum atomic E-state index is 12.8. The monoisotopic (exact) mass is 288 g/mol. The Morgan fingerprint density at radius 3 is 2.09 bits per heavy atom. The Morgan fingerprint density at radius 2 is 1.45 bits per heavy atom. The summed E-state index contributed by atoms with van der Waals surface area (Å²) >= 11 is 0. The van der Waals surface area contributed by atoms with Gasteiger partial charge in [0.25, 0.3) is 0 Å². The molecule has 1 amide bonds. The van der Waals surface area contributed by atoms with Gasteiger partial charge in [-0.25, -0.2) is 4.98 Å². The first kappa shape index (κ1) is 14.0. The fourth-order valence-electron chi connectivity index (χ4n) is 2.32. The molecular weight excluding hydrogens is 272 g/mol. The fourth-order valence-corrected chi connectivity index (χ4v) is 2.32. The van der Waals surface area contributed by atoms with Gasteiger partial charge in [-0.3, -0.25) is 9.69 Å². The quantitative estimate of drug-likeness (QED) is 0.727. The van der Waals surface area contributed by atoms with E-state index < -0.39 is 0 Å². The molecule has 0 N–H and O–H groups in total. The predicted molar refractivity (Wildman–Crippen MR) is 88.0 cm³/mol. The lowest BCUT2D eigenvalue weighted by molar-refractivity contribution is -0.117. The first-order valence-corrected chi connectivity index (χ1v) is 7.17. The number of amides is 1. The van der Waals surface area contributed by atoms with Crippen LogP contribution >= 0.6 is 0 Å². The minimum Gasteiger partial charge on any atom is -0.274 e. The first-order valence-electron chi connectivity index (χ1n) is 7.17. The average molecular weight is 288 g/mol. The molecule has 3 nitrogen and oxygen atoms in total. The molecule has 0 fully saturated rings. The van der Waals surface area contributed by atoms with Gasteiger partial charge in [-0.15, -0.1) is 0 Å². The molecule has 0 aliphatic carbocycles. The molecule has 0 atom stereocenters. The van der Waals surface area contributed by atoms with E-state index >= 15 is 0 Å². The number of aromatic nitrogens is 1. The number of carbonyl (C=O) groups is 1. The van der Waals surface area contributed by atoms with Crippen molar-refractivity contribution < 1.29 is 4.79 Å². The third kappa shape index (κ3) is 3.20.